The third kappa shape index (κ3) is 4.96. The Labute approximate surface area is 133 Å². The van der Waals surface area contributed by atoms with E-state index in [9.17, 15) is 0 Å². The summed E-state index contributed by atoms with van der Waals surface area (Å²) in [5.74, 6) is 2.62. The lowest BCUT2D eigenvalue weighted by Crippen LogP contribution is -2.50. The van der Waals surface area contributed by atoms with E-state index in [1.807, 2.05) is 0 Å². The van der Waals surface area contributed by atoms with Gasteiger partial charge in [-0.25, -0.2) is 0 Å². The van der Waals surface area contributed by atoms with Crippen molar-refractivity contribution in [3.05, 3.63) is 0 Å². The molecule has 2 rings (SSSR count). The summed E-state index contributed by atoms with van der Waals surface area (Å²) >= 11 is 0. The van der Waals surface area contributed by atoms with Crippen molar-refractivity contribution in [2.45, 2.75) is 84.7 Å². The summed E-state index contributed by atoms with van der Waals surface area (Å²) in [6.45, 7) is 13.5. The molecule has 2 fully saturated rings. The van der Waals surface area contributed by atoms with Gasteiger partial charge < -0.3 is 10.2 Å². The highest BCUT2D eigenvalue weighted by molar-refractivity contribution is 4.90. The average molecular weight is 295 g/mol. The summed E-state index contributed by atoms with van der Waals surface area (Å²) in [5.41, 5.74) is 0. The van der Waals surface area contributed by atoms with Crippen molar-refractivity contribution in [3.63, 3.8) is 0 Å². The number of hydrogen-bond donors (Lipinski definition) is 1. The molecule has 2 nitrogen and oxygen atoms in total. The molecule has 5 unspecified atom stereocenters. The summed E-state index contributed by atoms with van der Waals surface area (Å²) in [7, 11) is 0. The first kappa shape index (κ1) is 17.3. The maximum atomic E-state index is 3.88. The first-order chi connectivity index (χ1) is 10.1. The molecule has 1 saturated carbocycles. The van der Waals surface area contributed by atoms with Crippen molar-refractivity contribution in [1.29, 1.82) is 0 Å². The molecule has 21 heavy (non-hydrogen) atoms. The maximum absolute atomic E-state index is 3.88. The zero-order chi connectivity index (χ0) is 15.2. The second kappa shape index (κ2) is 8.53. The predicted octanol–water partition coefficient (Wildman–Crippen LogP) is 4.30. The Hall–Kier alpha value is -0.0800. The van der Waals surface area contributed by atoms with Crippen molar-refractivity contribution in [3.8, 4) is 0 Å². The van der Waals surface area contributed by atoms with Crippen LogP contribution in [0.1, 0.15) is 72.6 Å². The van der Waals surface area contributed by atoms with Gasteiger partial charge in [-0.05, 0) is 69.9 Å². The van der Waals surface area contributed by atoms with Crippen molar-refractivity contribution >= 4 is 0 Å². The van der Waals surface area contributed by atoms with Crippen molar-refractivity contribution in [1.82, 2.24) is 10.2 Å². The third-order valence-corrected chi connectivity index (χ3v) is 5.97. The van der Waals surface area contributed by atoms with E-state index in [4.69, 9.17) is 0 Å². The molecule has 2 heteroatoms. The molecule has 0 amide bonds. The average Bonchev–Trinajstić information content (AvgIpc) is 2.64. The molecule has 0 radical (unpaired) electrons. The van der Waals surface area contributed by atoms with Crippen LogP contribution in [0.25, 0.3) is 0 Å². The van der Waals surface area contributed by atoms with Gasteiger partial charge in [0.1, 0.15) is 0 Å². The smallest absolute Gasteiger partial charge is 0.0113 e. The minimum atomic E-state index is 0.749. The van der Waals surface area contributed by atoms with Crippen LogP contribution in [-0.4, -0.2) is 36.6 Å². The van der Waals surface area contributed by atoms with Crippen LogP contribution in [0.3, 0.4) is 0 Å². The molecule has 1 saturated heterocycles. The van der Waals surface area contributed by atoms with Gasteiger partial charge in [0.15, 0.2) is 0 Å². The van der Waals surface area contributed by atoms with Gasteiger partial charge in [0.25, 0.3) is 0 Å². The molecule has 124 valence electrons. The van der Waals surface area contributed by atoms with Crippen LogP contribution in [-0.2, 0) is 0 Å². The molecule has 0 aromatic rings. The quantitative estimate of drug-likeness (QED) is 0.813. The fourth-order valence-electron chi connectivity index (χ4n) is 4.66. The standard InChI is InChI=1S/C19H38N2/c1-5-10-20-19-13-15(2)12-16(3)18(19)14-21-11-8-6-7-9-17(21)4/h15-20H,5-14H2,1-4H3. The van der Waals surface area contributed by atoms with Gasteiger partial charge in [-0.3, -0.25) is 0 Å². The molecule has 0 aromatic carbocycles. The van der Waals surface area contributed by atoms with E-state index in [1.54, 1.807) is 0 Å². The lowest BCUT2D eigenvalue weighted by molar-refractivity contribution is 0.0847. The van der Waals surface area contributed by atoms with Gasteiger partial charge in [0, 0.05) is 18.6 Å². The van der Waals surface area contributed by atoms with Gasteiger partial charge >= 0.3 is 0 Å². The minimum absolute atomic E-state index is 0.749. The molecule has 1 aliphatic carbocycles. The van der Waals surface area contributed by atoms with Crippen LogP contribution in [0.15, 0.2) is 0 Å². The number of rotatable bonds is 5. The maximum Gasteiger partial charge on any atom is 0.0113 e. The highest BCUT2D eigenvalue weighted by Crippen LogP contribution is 2.35. The van der Waals surface area contributed by atoms with E-state index in [-0.39, 0.29) is 0 Å². The number of nitrogens with zero attached hydrogens (tertiary/aromatic N) is 1. The minimum Gasteiger partial charge on any atom is -0.314 e. The molecular formula is C19H38N2. The molecule has 0 bridgehead atoms. The highest BCUT2D eigenvalue weighted by atomic mass is 15.2. The van der Waals surface area contributed by atoms with Crippen LogP contribution in [0, 0.1) is 17.8 Å². The zero-order valence-electron chi connectivity index (χ0n) is 14.9. The molecule has 2 aliphatic rings. The topological polar surface area (TPSA) is 15.3 Å². The molecule has 1 N–H and O–H groups in total. The van der Waals surface area contributed by atoms with Gasteiger partial charge in [-0.2, -0.15) is 0 Å². The fraction of sp³-hybridized carbons (Fsp3) is 1.00. The van der Waals surface area contributed by atoms with Gasteiger partial charge in [-0.1, -0.05) is 33.6 Å². The third-order valence-electron chi connectivity index (χ3n) is 5.97. The van der Waals surface area contributed by atoms with Crippen LogP contribution in [0.4, 0.5) is 0 Å². The van der Waals surface area contributed by atoms with Gasteiger partial charge in [0.05, 0.1) is 0 Å². The lowest BCUT2D eigenvalue weighted by Gasteiger charge is -2.43. The van der Waals surface area contributed by atoms with Gasteiger partial charge in [0.2, 0.25) is 0 Å². The summed E-state index contributed by atoms with van der Waals surface area (Å²) < 4.78 is 0. The Morgan fingerprint density at radius 3 is 2.62 bits per heavy atom. The summed E-state index contributed by atoms with van der Waals surface area (Å²) in [6, 6.07) is 1.55. The van der Waals surface area contributed by atoms with E-state index in [0.717, 1.165) is 29.8 Å². The Kier molecular flexibility index (Phi) is 7.01. The molecule has 0 aromatic heterocycles. The Bertz CT molecular complexity index is 291. The van der Waals surface area contributed by atoms with Crippen molar-refractivity contribution in [2.24, 2.45) is 17.8 Å². The monoisotopic (exact) mass is 294 g/mol. The summed E-state index contributed by atoms with van der Waals surface area (Å²) in [5, 5.41) is 3.88. The van der Waals surface area contributed by atoms with E-state index < -0.39 is 0 Å². The molecule has 0 spiro atoms. The van der Waals surface area contributed by atoms with E-state index in [0.29, 0.717) is 0 Å². The Balaban J connectivity index is 1.98. The second-order valence-electron chi connectivity index (χ2n) is 7.97. The van der Waals surface area contributed by atoms with Crippen molar-refractivity contribution < 1.29 is 0 Å². The Morgan fingerprint density at radius 2 is 1.86 bits per heavy atom. The van der Waals surface area contributed by atoms with E-state index in [1.165, 1.54) is 64.6 Å². The van der Waals surface area contributed by atoms with Crippen LogP contribution >= 0.6 is 0 Å². The largest absolute Gasteiger partial charge is 0.314 e. The normalized spacial score (nSPS) is 39.1. The fourth-order valence-corrected chi connectivity index (χ4v) is 4.66. The zero-order valence-corrected chi connectivity index (χ0v) is 14.9. The summed E-state index contributed by atoms with van der Waals surface area (Å²) in [6.07, 6.45) is 9.77. The first-order valence-corrected chi connectivity index (χ1v) is 9.59. The van der Waals surface area contributed by atoms with E-state index in [2.05, 4.69) is 37.9 Å². The van der Waals surface area contributed by atoms with E-state index >= 15 is 0 Å². The SMILES string of the molecule is CCCNC1CC(C)CC(C)C1CN1CCCCCC1C. The predicted molar refractivity (Wildman–Crippen MR) is 92.6 cm³/mol. The van der Waals surface area contributed by atoms with Crippen LogP contribution in [0.2, 0.25) is 0 Å². The Morgan fingerprint density at radius 1 is 1.05 bits per heavy atom. The molecular weight excluding hydrogens is 256 g/mol. The van der Waals surface area contributed by atoms with Crippen LogP contribution < -0.4 is 5.32 Å². The van der Waals surface area contributed by atoms with Crippen LogP contribution in [0.5, 0.6) is 0 Å². The highest BCUT2D eigenvalue weighted by Gasteiger charge is 2.35. The van der Waals surface area contributed by atoms with Crippen molar-refractivity contribution in [2.75, 3.05) is 19.6 Å². The summed E-state index contributed by atoms with van der Waals surface area (Å²) in [4.78, 5) is 2.81. The van der Waals surface area contributed by atoms with Gasteiger partial charge in [-0.15, -0.1) is 0 Å². The first-order valence-electron chi connectivity index (χ1n) is 9.59. The lowest BCUT2D eigenvalue weighted by atomic mass is 9.72. The number of likely N-dealkylation sites (tertiary alicyclic amines) is 1. The molecule has 1 heterocycles. The molecule has 5 atom stereocenters. The number of nitrogens with one attached hydrogen (secondary N) is 1. The number of hydrogen-bond acceptors (Lipinski definition) is 2. The second-order valence-corrected chi connectivity index (χ2v) is 7.97. The molecule has 1 aliphatic heterocycles.